The number of carbonyl (C=O) groups excluding carboxylic acids is 2. The molecule has 1 N–H and O–H groups in total. The van der Waals surface area contributed by atoms with Crippen molar-refractivity contribution in [2.75, 3.05) is 23.4 Å². The summed E-state index contributed by atoms with van der Waals surface area (Å²) < 4.78 is 4.88. The van der Waals surface area contributed by atoms with Gasteiger partial charge in [0.15, 0.2) is 0 Å². The molecule has 0 bridgehead atoms. The van der Waals surface area contributed by atoms with E-state index in [0.717, 1.165) is 0 Å². The molecule has 0 spiro atoms. The monoisotopic (exact) mass is 307 g/mol. The number of hydrogen-bond acceptors (Lipinski definition) is 4. The fourth-order valence-electron chi connectivity index (χ4n) is 2.29. The molecule has 6 heteroatoms. The van der Waals surface area contributed by atoms with Gasteiger partial charge in [0, 0.05) is 16.9 Å². The maximum atomic E-state index is 12.2. The van der Waals surface area contributed by atoms with Crippen molar-refractivity contribution in [3.63, 3.8) is 0 Å². The van der Waals surface area contributed by atoms with Crippen molar-refractivity contribution < 1.29 is 14.3 Å². The van der Waals surface area contributed by atoms with Gasteiger partial charge in [0.25, 0.3) is 5.91 Å². The van der Waals surface area contributed by atoms with Gasteiger partial charge >= 0.3 is 6.09 Å². The lowest BCUT2D eigenvalue weighted by atomic mass is 10.1. The molecule has 1 aliphatic rings. The highest BCUT2D eigenvalue weighted by Gasteiger charge is 2.23. The van der Waals surface area contributed by atoms with Crippen molar-refractivity contribution in [1.82, 2.24) is 0 Å². The maximum Gasteiger partial charge on any atom is 0.414 e. The fourth-order valence-corrected chi connectivity index (χ4v) is 2.29. The predicted octanol–water partition coefficient (Wildman–Crippen LogP) is 2.77. The smallest absolute Gasteiger partial charge is 0.414 e. The van der Waals surface area contributed by atoms with Crippen LogP contribution >= 0.6 is 0 Å². The van der Waals surface area contributed by atoms with Crippen molar-refractivity contribution >= 4 is 23.4 Å². The first-order chi connectivity index (χ1) is 11.2. The molecular formula is C17H13N3O3. The van der Waals surface area contributed by atoms with Crippen molar-refractivity contribution in [1.29, 1.82) is 5.26 Å². The molecular weight excluding hydrogens is 294 g/mol. The summed E-state index contributed by atoms with van der Waals surface area (Å²) in [5, 5.41) is 11.6. The number of hydrogen-bond donors (Lipinski definition) is 1. The Balaban J connectivity index is 1.72. The zero-order valence-electron chi connectivity index (χ0n) is 12.2. The molecule has 0 aromatic heterocycles. The molecule has 0 saturated carbocycles. The molecule has 6 nitrogen and oxygen atoms in total. The van der Waals surface area contributed by atoms with Gasteiger partial charge in [0.05, 0.1) is 18.2 Å². The molecule has 2 aromatic carbocycles. The Kier molecular flexibility index (Phi) is 3.93. The molecule has 0 unspecified atom stereocenters. The van der Waals surface area contributed by atoms with Crippen LogP contribution in [-0.4, -0.2) is 25.2 Å². The SMILES string of the molecule is N#Cc1cccc(NC(=O)c2ccc(N3CCOC3=O)cc2)c1. The van der Waals surface area contributed by atoms with Gasteiger partial charge in [0.1, 0.15) is 6.61 Å². The second-order valence-electron chi connectivity index (χ2n) is 4.96. The Bertz CT molecular complexity index is 793. The molecule has 114 valence electrons. The van der Waals surface area contributed by atoms with E-state index in [1.807, 2.05) is 6.07 Å². The van der Waals surface area contributed by atoms with E-state index >= 15 is 0 Å². The van der Waals surface area contributed by atoms with E-state index in [1.165, 1.54) is 4.90 Å². The highest BCUT2D eigenvalue weighted by molar-refractivity contribution is 6.04. The summed E-state index contributed by atoms with van der Waals surface area (Å²) in [6, 6.07) is 15.4. The van der Waals surface area contributed by atoms with E-state index < -0.39 is 0 Å². The van der Waals surface area contributed by atoms with E-state index in [1.54, 1.807) is 48.5 Å². The molecule has 1 aliphatic heterocycles. The van der Waals surface area contributed by atoms with Gasteiger partial charge in [-0.2, -0.15) is 5.26 Å². The number of amides is 2. The average Bonchev–Trinajstić information content (AvgIpc) is 3.01. The summed E-state index contributed by atoms with van der Waals surface area (Å²) in [7, 11) is 0. The van der Waals surface area contributed by atoms with Crippen molar-refractivity contribution in [3.8, 4) is 6.07 Å². The van der Waals surface area contributed by atoms with Crippen LogP contribution in [0.2, 0.25) is 0 Å². The molecule has 2 aromatic rings. The second kappa shape index (κ2) is 6.20. The third-order valence-corrected chi connectivity index (χ3v) is 3.45. The number of anilines is 2. The summed E-state index contributed by atoms with van der Waals surface area (Å²) in [6.45, 7) is 0.877. The minimum atomic E-state index is -0.379. The third kappa shape index (κ3) is 3.14. The molecule has 1 heterocycles. The topological polar surface area (TPSA) is 82.4 Å². The summed E-state index contributed by atoms with van der Waals surface area (Å²) >= 11 is 0. The van der Waals surface area contributed by atoms with Gasteiger partial charge in [-0.3, -0.25) is 9.69 Å². The third-order valence-electron chi connectivity index (χ3n) is 3.45. The Morgan fingerprint density at radius 2 is 2.00 bits per heavy atom. The zero-order chi connectivity index (χ0) is 16.2. The van der Waals surface area contributed by atoms with Crippen LogP contribution in [0.15, 0.2) is 48.5 Å². The van der Waals surface area contributed by atoms with Crippen LogP contribution < -0.4 is 10.2 Å². The van der Waals surface area contributed by atoms with Gasteiger partial charge in [0.2, 0.25) is 0 Å². The Morgan fingerprint density at radius 1 is 1.22 bits per heavy atom. The van der Waals surface area contributed by atoms with E-state index in [-0.39, 0.29) is 12.0 Å². The molecule has 1 saturated heterocycles. The Hall–Kier alpha value is -3.33. The summed E-state index contributed by atoms with van der Waals surface area (Å²) in [5.74, 6) is -0.282. The Morgan fingerprint density at radius 3 is 2.65 bits per heavy atom. The van der Waals surface area contributed by atoms with Crippen LogP contribution in [0, 0.1) is 11.3 Å². The normalized spacial score (nSPS) is 13.3. The van der Waals surface area contributed by atoms with Crippen molar-refractivity contribution in [2.45, 2.75) is 0 Å². The van der Waals surface area contributed by atoms with Crippen LogP contribution in [0.1, 0.15) is 15.9 Å². The molecule has 23 heavy (non-hydrogen) atoms. The van der Waals surface area contributed by atoms with E-state index in [4.69, 9.17) is 10.00 Å². The first-order valence-electron chi connectivity index (χ1n) is 7.03. The average molecular weight is 307 g/mol. The second-order valence-corrected chi connectivity index (χ2v) is 4.96. The number of nitrogens with one attached hydrogen (secondary N) is 1. The van der Waals surface area contributed by atoms with Gasteiger partial charge in [-0.25, -0.2) is 4.79 Å². The lowest BCUT2D eigenvalue weighted by Crippen LogP contribution is -2.23. The molecule has 0 aliphatic carbocycles. The highest BCUT2D eigenvalue weighted by Crippen LogP contribution is 2.20. The molecule has 2 amide bonds. The van der Waals surface area contributed by atoms with E-state index in [0.29, 0.717) is 35.7 Å². The quantitative estimate of drug-likeness (QED) is 0.945. The lowest BCUT2D eigenvalue weighted by molar-refractivity contribution is 0.102. The molecule has 3 rings (SSSR count). The lowest BCUT2D eigenvalue weighted by Gasteiger charge is -2.13. The first kappa shape index (κ1) is 14.6. The molecule has 0 radical (unpaired) electrons. The zero-order valence-corrected chi connectivity index (χ0v) is 12.2. The van der Waals surface area contributed by atoms with E-state index in [9.17, 15) is 9.59 Å². The fraction of sp³-hybridized carbons (Fsp3) is 0.118. The summed E-state index contributed by atoms with van der Waals surface area (Å²) in [6.07, 6.45) is -0.379. The number of rotatable bonds is 3. The highest BCUT2D eigenvalue weighted by atomic mass is 16.6. The number of carbonyl (C=O) groups is 2. The molecule has 0 atom stereocenters. The van der Waals surface area contributed by atoms with Crippen LogP contribution in [0.3, 0.4) is 0 Å². The van der Waals surface area contributed by atoms with Gasteiger partial charge < -0.3 is 10.1 Å². The summed E-state index contributed by atoms with van der Waals surface area (Å²) in [5.41, 5.74) is 2.19. The number of nitriles is 1. The number of cyclic esters (lactones) is 1. The van der Waals surface area contributed by atoms with Crippen LogP contribution in [0.5, 0.6) is 0 Å². The maximum absolute atomic E-state index is 12.2. The van der Waals surface area contributed by atoms with Gasteiger partial charge in [-0.15, -0.1) is 0 Å². The largest absolute Gasteiger partial charge is 0.447 e. The van der Waals surface area contributed by atoms with Crippen LogP contribution in [-0.2, 0) is 4.74 Å². The standard InChI is InChI=1S/C17H13N3O3/c18-11-12-2-1-3-14(10-12)19-16(21)13-4-6-15(7-5-13)20-8-9-23-17(20)22/h1-7,10H,8-9H2,(H,19,21). The van der Waals surface area contributed by atoms with E-state index in [2.05, 4.69) is 5.32 Å². The van der Waals surface area contributed by atoms with Crippen LogP contribution in [0.25, 0.3) is 0 Å². The number of nitrogens with zero attached hydrogens (tertiary/aromatic N) is 2. The minimum Gasteiger partial charge on any atom is -0.447 e. The van der Waals surface area contributed by atoms with Crippen molar-refractivity contribution in [2.24, 2.45) is 0 Å². The summed E-state index contributed by atoms with van der Waals surface area (Å²) in [4.78, 5) is 25.2. The van der Waals surface area contributed by atoms with Crippen molar-refractivity contribution in [3.05, 3.63) is 59.7 Å². The Labute approximate surface area is 132 Å². The number of benzene rings is 2. The first-order valence-corrected chi connectivity index (χ1v) is 7.03. The number of ether oxygens (including phenoxy) is 1. The predicted molar refractivity (Wildman–Crippen MR) is 84.2 cm³/mol. The van der Waals surface area contributed by atoms with Gasteiger partial charge in [-0.05, 0) is 42.5 Å². The minimum absolute atomic E-state index is 0.282. The van der Waals surface area contributed by atoms with Crippen LogP contribution in [0.4, 0.5) is 16.2 Å². The van der Waals surface area contributed by atoms with Gasteiger partial charge in [-0.1, -0.05) is 6.07 Å². The molecule has 1 fully saturated rings.